The van der Waals surface area contributed by atoms with Crippen LogP contribution in [0.25, 0.3) is 0 Å². The van der Waals surface area contributed by atoms with E-state index in [1.807, 2.05) is 6.92 Å². The lowest BCUT2D eigenvalue weighted by Gasteiger charge is -2.22. The van der Waals surface area contributed by atoms with Gasteiger partial charge in [0.1, 0.15) is 5.84 Å². The summed E-state index contributed by atoms with van der Waals surface area (Å²) in [6.07, 6.45) is 0.495. The maximum Gasteiger partial charge on any atom is 0.230 e. The average Bonchev–Trinajstić information content (AvgIpc) is 2.72. The number of carbonyl (C=O) groups is 2. The van der Waals surface area contributed by atoms with Gasteiger partial charge in [-0.1, -0.05) is 5.16 Å². The van der Waals surface area contributed by atoms with E-state index in [1.165, 1.54) is 0 Å². The number of nitrogens with one attached hydrogen (secondary N) is 1. The first-order valence-corrected chi connectivity index (χ1v) is 5.39. The molecule has 7 heteroatoms. The van der Waals surface area contributed by atoms with Crippen LogP contribution in [-0.4, -0.2) is 47.9 Å². The highest BCUT2D eigenvalue weighted by Crippen LogP contribution is 2.30. The minimum atomic E-state index is -0.546. The van der Waals surface area contributed by atoms with Crippen molar-refractivity contribution in [1.29, 1.82) is 0 Å². The molecular formula is C10H18N4O3. The Hall–Kier alpha value is -1.79. The summed E-state index contributed by atoms with van der Waals surface area (Å²) >= 11 is 0. The summed E-state index contributed by atoms with van der Waals surface area (Å²) < 4.78 is 0. The standard InChI is InChI=1S/C10H18N4O3/c1-10(9(16)12-2)3-4-14(6-10)8(15)5-7(11)13-17/h17H,3-6H2,1-2H3,(H2,11,13)(H,12,16). The van der Waals surface area contributed by atoms with Crippen LogP contribution in [0.15, 0.2) is 5.16 Å². The Morgan fingerprint density at radius 1 is 1.59 bits per heavy atom. The van der Waals surface area contributed by atoms with Gasteiger partial charge in [0.05, 0.1) is 11.8 Å². The first-order valence-electron chi connectivity index (χ1n) is 5.39. The predicted octanol–water partition coefficient (Wildman–Crippen LogP) is -0.892. The molecule has 0 aromatic rings. The van der Waals surface area contributed by atoms with E-state index in [9.17, 15) is 9.59 Å². The van der Waals surface area contributed by atoms with Crippen molar-refractivity contribution in [1.82, 2.24) is 10.2 Å². The molecule has 1 atom stereocenters. The third-order valence-corrected chi connectivity index (χ3v) is 3.06. The van der Waals surface area contributed by atoms with Gasteiger partial charge in [0.2, 0.25) is 11.8 Å². The molecule has 1 saturated heterocycles. The third kappa shape index (κ3) is 2.86. The predicted molar refractivity (Wildman–Crippen MR) is 61.4 cm³/mol. The summed E-state index contributed by atoms with van der Waals surface area (Å²) in [4.78, 5) is 24.9. The maximum absolute atomic E-state index is 11.7. The zero-order chi connectivity index (χ0) is 13.1. The zero-order valence-electron chi connectivity index (χ0n) is 10.1. The van der Waals surface area contributed by atoms with Crippen LogP contribution < -0.4 is 11.1 Å². The summed E-state index contributed by atoms with van der Waals surface area (Å²) in [5, 5.41) is 13.7. The first-order chi connectivity index (χ1) is 7.92. The maximum atomic E-state index is 11.7. The molecule has 7 nitrogen and oxygen atoms in total. The van der Waals surface area contributed by atoms with Crippen molar-refractivity contribution in [2.45, 2.75) is 19.8 Å². The fourth-order valence-electron chi connectivity index (χ4n) is 1.96. The summed E-state index contributed by atoms with van der Waals surface area (Å²) in [6, 6.07) is 0. The Balaban J connectivity index is 2.61. The van der Waals surface area contributed by atoms with Gasteiger partial charge >= 0.3 is 0 Å². The molecule has 2 amide bonds. The number of amidine groups is 1. The molecule has 1 unspecified atom stereocenters. The topological polar surface area (TPSA) is 108 Å². The van der Waals surface area contributed by atoms with Crippen molar-refractivity contribution in [2.75, 3.05) is 20.1 Å². The number of oxime groups is 1. The Bertz CT molecular complexity index is 355. The van der Waals surface area contributed by atoms with Crippen LogP contribution in [0.1, 0.15) is 19.8 Å². The quantitative estimate of drug-likeness (QED) is 0.258. The second kappa shape index (κ2) is 5.03. The van der Waals surface area contributed by atoms with E-state index in [0.717, 1.165) is 0 Å². The van der Waals surface area contributed by atoms with Gasteiger partial charge in [-0.3, -0.25) is 9.59 Å². The van der Waals surface area contributed by atoms with Crippen molar-refractivity contribution in [3.05, 3.63) is 0 Å². The van der Waals surface area contributed by atoms with Crippen LogP contribution in [0.2, 0.25) is 0 Å². The second-order valence-electron chi connectivity index (χ2n) is 4.47. The smallest absolute Gasteiger partial charge is 0.230 e. The van der Waals surface area contributed by atoms with Crippen molar-refractivity contribution >= 4 is 17.6 Å². The lowest BCUT2D eigenvalue weighted by atomic mass is 9.89. The van der Waals surface area contributed by atoms with Gasteiger partial charge in [-0.05, 0) is 13.3 Å². The highest BCUT2D eigenvalue weighted by molar-refractivity contribution is 5.99. The van der Waals surface area contributed by atoms with E-state index >= 15 is 0 Å². The molecule has 1 heterocycles. The second-order valence-corrected chi connectivity index (χ2v) is 4.47. The minimum Gasteiger partial charge on any atom is -0.409 e. The van der Waals surface area contributed by atoms with Gasteiger partial charge in [-0.25, -0.2) is 0 Å². The third-order valence-electron chi connectivity index (χ3n) is 3.06. The van der Waals surface area contributed by atoms with Gasteiger partial charge in [0.15, 0.2) is 0 Å². The molecule has 96 valence electrons. The fourth-order valence-corrected chi connectivity index (χ4v) is 1.96. The van der Waals surface area contributed by atoms with E-state index in [-0.39, 0.29) is 24.1 Å². The van der Waals surface area contributed by atoms with Crippen molar-refractivity contribution < 1.29 is 14.8 Å². The number of likely N-dealkylation sites (tertiary alicyclic amines) is 1. The summed E-state index contributed by atoms with van der Waals surface area (Å²) in [5.41, 5.74) is 4.72. The van der Waals surface area contributed by atoms with Crippen LogP contribution in [0.3, 0.4) is 0 Å². The minimum absolute atomic E-state index is 0.0726. The van der Waals surface area contributed by atoms with Crippen molar-refractivity contribution in [2.24, 2.45) is 16.3 Å². The molecule has 0 aliphatic carbocycles. The molecule has 0 bridgehead atoms. The molecule has 0 aromatic carbocycles. The number of rotatable bonds is 3. The summed E-state index contributed by atoms with van der Waals surface area (Å²) in [6.45, 7) is 2.70. The number of nitrogens with two attached hydrogens (primary N) is 1. The number of carbonyl (C=O) groups excluding carboxylic acids is 2. The van der Waals surface area contributed by atoms with E-state index in [4.69, 9.17) is 10.9 Å². The number of hydrogen-bond acceptors (Lipinski definition) is 4. The van der Waals surface area contributed by atoms with Crippen LogP contribution in [0.4, 0.5) is 0 Å². The van der Waals surface area contributed by atoms with Crippen molar-refractivity contribution in [3.8, 4) is 0 Å². The summed E-state index contributed by atoms with van der Waals surface area (Å²) in [7, 11) is 1.58. The molecule has 0 saturated carbocycles. The van der Waals surface area contributed by atoms with Gasteiger partial charge in [-0.15, -0.1) is 0 Å². The van der Waals surface area contributed by atoms with Crippen molar-refractivity contribution in [3.63, 3.8) is 0 Å². The molecule has 1 aliphatic heterocycles. The summed E-state index contributed by atoms with van der Waals surface area (Å²) in [5.74, 6) is -0.423. The molecular weight excluding hydrogens is 224 g/mol. The van der Waals surface area contributed by atoms with Gasteiger partial charge in [0, 0.05) is 20.1 Å². The average molecular weight is 242 g/mol. The van der Waals surface area contributed by atoms with E-state index < -0.39 is 5.41 Å². The Morgan fingerprint density at radius 3 is 2.76 bits per heavy atom. The monoisotopic (exact) mass is 242 g/mol. The van der Waals surface area contributed by atoms with Crippen LogP contribution >= 0.6 is 0 Å². The van der Waals surface area contributed by atoms with E-state index in [1.54, 1.807) is 11.9 Å². The highest BCUT2D eigenvalue weighted by atomic mass is 16.4. The Labute approximate surface area is 99.6 Å². The van der Waals surface area contributed by atoms with Crippen LogP contribution in [-0.2, 0) is 9.59 Å². The molecule has 0 radical (unpaired) electrons. The van der Waals surface area contributed by atoms with Gasteiger partial charge in [-0.2, -0.15) is 0 Å². The molecule has 1 rings (SSSR count). The lowest BCUT2D eigenvalue weighted by Crippen LogP contribution is -2.41. The van der Waals surface area contributed by atoms with Crippen LogP contribution in [0, 0.1) is 5.41 Å². The number of amides is 2. The SMILES string of the molecule is CNC(=O)C1(C)CCN(C(=O)CC(N)=NO)C1. The molecule has 4 N–H and O–H groups in total. The van der Waals surface area contributed by atoms with Gasteiger partial charge < -0.3 is 21.2 Å². The largest absolute Gasteiger partial charge is 0.409 e. The molecule has 0 spiro atoms. The van der Waals surface area contributed by atoms with E-state index in [2.05, 4.69) is 10.5 Å². The van der Waals surface area contributed by atoms with E-state index in [0.29, 0.717) is 19.5 Å². The molecule has 1 fully saturated rings. The first kappa shape index (κ1) is 13.3. The number of nitrogens with zero attached hydrogens (tertiary/aromatic N) is 2. The Kier molecular flexibility index (Phi) is 3.93. The van der Waals surface area contributed by atoms with Gasteiger partial charge in [0.25, 0.3) is 0 Å². The fraction of sp³-hybridized carbons (Fsp3) is 0.700. The lowest BCUT2D eigenvalue weighted by molar-refractivity contribution is -0.131. The highest BCUT2D eigenvalue weighted by Gasteiger charge is 2.41. The molecule has 17 heavy (non-hydrogen) atoms. The normalized spacial score (nSPS) is 24.8. The Morgan fingerprint density at radius 2 is 2.24 bits per heavy atom. The zero-order valence-corrected chi connectivity index (χ0v) is 10.1. The molecule has 0 aromatic heterocycles. The molecule has 1 aliphatic rings. The van der Waals surface area contributed by atoms with Crippen LogP contribution in [0.5, 0.6) is 0 Å². The number of hydrogen-bond donors (Lipinski definition) is 3.